The molecule has 22 heavy (non-hydrogen) atoms. The molecule has 0 spiro atoms. The van der Waals surface area contributed by atoms with E-state index >= 15 is 0 Å². The van der Waals surface area contributed by atoms with Gasteiger partial charge < -0.3 is 0 Å². The molecule has 2 bridgehead atoms. The third kappa shape index (κ3) is 3.89. The number of unbranched alkanes of at least 4 members (excludes halogenated alkanes) is 2. The Morgan fingerprint density at radius 1 is 0.818 bits per heavy atom. The van der Waals surface area contributed by atoms with Crippen LogP contribution < -0.4 is 0 Å². The predicted octanol–water partition coefficient (Wildman–Crippen LogP) is 6.41. The minimum Gasteiger partial charge on any atom is -0.292 e. The van der Waals surface area contributed by atoms with Crippen molar-refractivity contribution in [1.82, 2.24) is 4.90 Å². The normalized spacial score (nSPS) is 30.0. The zero-order chi connectivity index (χ0) is 16.4. The molecular formula is C21H41N. The fourth-order valence-electron chi connectivity index (χ4n) is 5.38. The van der Waals surface area contributed by atoms with E-state index < -0.39 is 0 Å². The van der Waals surface area contributed by atoms with E-state index in [4.69, 9.17) is 0 Å². The van der Waals surface area contributed by atoms with Crippen LogP contribution in [0.2, 0.25) is 0 Å². The maximum absolute atomic E-state index is 2.95. The van der Waals surface area contributed by atoms with Gasteiger partial charge in [-0.25, -0.2) is 0 Å². The zero-order valence-electron chi connectivity index (χ0n) is 16.3. The van der Waals surface area contributed by atoms with Crippen molar-refractivity contribution in [3.05, 3.63) is 0 Å². The molecule has 0 N–H and O–H groups in total. The molecule has 2 fully saturated rings. The number of nitrogens with zero attached hydrogens (tertiary/aromatic N) is 1. The molecule has 0 saturated carbocycles. The van der Waals surface area contributed by atoms with Crippen LogP contribution in [0.5, 0.6) is 0 Å². The van der Waals surface area contributed by atoms with E-state index in [0.29, 0.717) is 11.0 Å². The highest BCUT2D eigenvalue weighted by atomic mass is 15.3. The monoisotopic (exact) mass is 307 g/mol. The molecule has 0 aromatic carbocycles. The summed E-state index contributed by atoms with van der Waals surface area (Å²) in [6.45, 7) is 14.8. The Labute approximate surface area is 140 Å². The van der Waals surface area contributed by atoms with Crippen LogP contribution in [0.1, 0.15) is 106 Å². The molecule has 0 radical (unpaired) electrons. The van der Waals surface area contributed by atoms with E-state index in [9.17, 15) is 0 Å². The Morgan fingerprint density at radius 3 is 1.82 bits per heavy atom. The van der Waals surface area contributed by atoms with Gasteiger partial charge in [0, 0.05) is 17.6 Å². The van der Waals surface area contributed by atoms with Crippen LogP contribution in [0, 0.1) is 11.3 Å². The average molecular weight is 308 g/mol. The maximum atomic E-state index is 2.95. The lowest BCUT2D eigenvalue weighted by atomic mass is 9.68. The molecule has 2 unspecified atom stereocenters. The number of hydrogen-bond donors (Lipinski definition) is 0. The molecule has 2 heterocycles. The summed E-state index contributed by atoms with van der Waals surface area (Å²) in [5, 5.41) is 0. The second-order valence-corrected chi connectivity index (χ2v) is 9.47. The Kier molecular flexibility index (Phi) is 6.02. The van der Waals surface area contributed by atoms with Crippen molar-refractivity contribution < 1.29 is 0 Å². The van der Waals surface area contributed by atoms with Crippen molar-refractivity contribution in [3.8, 4) is 0 Å². The lowest BCUT2D eigenvalue weighted by Crippen LogP contribution is -2.55. The quantitative estimate of drug-likeness (QED) is 0.500. The smallest absolute Gasteiger partial charge is 0.0159 e. The van der Waals surface area contributed by atoms with Gasteiger partial charge in [-0.2, -0.15) is 0 Å². The molecule has 0 aliphatic carbocycles. The van der Waals surface area contributed by atoms with Crippen LogP contribution in [0.4, 0.5) is 0 Å². The lowest BCUT2D eigenvalue weighted by Gasteiger charge is -2.51. The van der Waals surface area contributed by atoms with E-state index in [2.05, 4.69) is 46.4 Å². The number of rotatable bonds is 8. The SMILES string of the molecule is CCCCC(C)(C)C1CC2CCC(C1)N2C(C)(C)CCCC. The van der Waals surface area contributed by atoms with Crippen LogP contribution in [-0.2, 0) is 0 Å². The van der Waals surface area contributed by atoms with E-state index in [0.717, 1.165) is 18.0 Å². The van der Waals surface area contributed by atoms with E-state index in [1.165, 1.54) is 64.2 Å². The Bertz CT molecular complexity index is 330. The number of piperidine rings is 1. The Balaban J connectivity index is 2.02. The average Bonchev–Trinajstić information content (AvgIpc) is 2.75. The van der Waals surface area contributed by atoms with Crippen molar-refractivity contribution in [1.29, 1.82) is 0 Å². The van der Waals surface area contributed by atoms with Crippen LogP contribution in [0.3, 0.4) is 0 Å². The first kappa shape index (κ1) is 18.3. The van der Waals surface area contributed by atoms with Crippen LogP contribution >= 0.6 is 0 Å². The number of fused-ring (bicyclic) bond motifs is 2. The third-order valence-electron chi connectivity index (χ3n) is 6.85. The standard InChI is InChI=1S/C21H41N/c1-7-9-13-20(3,4)17-15-18-11-12-19(16-17)22(18)21(5,6)14-10-8-2/h17-19H,7-16H2,1-6H3. The fourth-order valence-corrected chi connectivity index (χ4v) is 5.38. The lowest BCUT2D eigenvalue weighted by molar-refractivity contribution is -0.0220. The minimum absolute atomic E-state index is 0.417. The molecule has 1 heteroatoms. The largest absolute Gasteiger partial charge is 0.292 e. The van der Waals surface area contributed by atoms with Gasteiger partial charge in [0.1, 0.15) is 0 Å². The van der Waals surface area contributed by atoms with Crippen LogP contribution in [-0.4, -0.2) is 22.5 Å². The van der Waals surface area contributed by atoms with Crippen molar-refractivity contribution in [2.24, 2.45) is 11.3 Å². The highest BCUT2D eigenvalue weighted by Crippen LogP contribution is 2.50. The summed E-state index contributed by atoms with van der Waals surface area (Å²) in [6.07, 6.45) is 14.1. The molecule has 0 amide bonds. The van der Waals surface area contributed by atoms with Gasteiger partial charge >= 0.3 is 0 Å². The van der Waals surface area contributed by atoms with Gasteiger partial charge in [0.2, 0.25) is 0 Å². The summed E-state index contributed by atoms with van der Waals surface area (Å²) in [7, 11) is 0. The molecule has 2 atom stereocenters. The zero-order valence-corrected chi connectivity index (χ0v) is 16.3. The highest BCUT2D eigenvalue weighted by molar-refractivity contribution is 5.03. The van der Waals surface area contributed by atoms with Gasteiger partial charge in [-0.05, 0) is 63.7 Å². The molecular weight excluding hydrogens is 266 g/mol. The first-order valence-corrected chi connectivity index (χ1v) is 10.1. The predicted molar refractivity (Wildman–Crippen MR) is 98.3 cm³/mol. The molecule has 2 aliphatic rings. The van der Waals surface area contributed by atoms with Crippen molar-refractivity contribution in [2.45, 2.75) is 123 Å². The van der Waals surface area contributed by atoms with Gasteiger partial charge in [-0.3, -0.25) is 4.90 Å². The first-order valence-electron chi connectivity index (χ1n) is 10.1. The third-order valence-corrected chi connectivity index (χ3v) is 6.85. The van der Waals surface area contributed by atoms with Gasteiger partial charge in [-0.15, -0.1) is 0 Å². The van der Waals surface area contributed by atoms with E-state index in [1.807, 2.05) is 0 Å². The summed E-state index contributed by atoms with van der Waals surface area (Å²) in [5.41, 5.74) is 0.969. The fraction of sp³-hybridized carbons (Fsp3) is 1.00. The van der Waals surface area contributed by atoms with Crippen molar-refractivity contribution in [3.63, 3.8) is 0 Å². The van der Waals surface area contributed by atoms with E-state index in [-0.39, 0.29) is 0 Å². The second kappa shape index (κ2) is 7.24. The summed E-state index contributed by atoms with van der Waals surface area (Å²) < 4.78 is 0. The molecule has 130 valence electrons. The summed E-state index contributed by atoms with van der Waals surface area (Å²) in [6, 6.07) is 1.74. The summed E-state index contributed by atoms with van der Waals surface area (Å²) >= 11 is 0. The molecule has 1 nitrogen and oxygen atoms in total. The van der Waals surface area contributed by atoms with Crippen LogP contribution in [0.25, 0.3) is 0 Å². The Morgan fingerprint density at radius 2 is 1.32 bits per heavy atom. The molecule has 0 aromatic heterocycles. The first-order chi connectivity index (χ1) is 10.3. The second-order valence-electron chi connectivity index (χ2n) is 9.47. The molecule has 2 rings (SSSR count). The number of hydrogen-bond acceptors (Lipinski definition) is 1. The molecule has 2 aliphatic heterocycles. The van der Waals surface area contributed by atoms with Crippen molar-refractivity contribution >= 4 is 0 Å². The van der Waals surface area contributed by atoms with Crippen molar-refractivity contribution in [2.75, 3.05) is 0 Å². The van der Waals surface area contributed by atoms with Gasteiger partial charge in [0.25, 0.3) is 0 Å². The van der Waals surface area contributed by atoms with Crippen LogP contribution in [0.15, 0.2) is 0 Å². The van der Waals surface area contributed by atoms with Gasteiger partial charge in [0.05, 0.1) is 0 Å². The summed E-state index contributed by atoms with van der Waals surface area (Å²) in [5.74, 6) is 0.953. The van der Waals surface area contributed by atoms with E-state index in [1.54, 1.807) is 0 Å². The van der Waals surface area contributed by atoms with Gasteiger partial charge in [-0.1, -0.05) is 53.4 Å². The molecule has 0 aromatic rings. The van der Waals surface area contributed by atoms with Gasteiger partial charge in [0.15, 0.2) is 0 Å². The Hall–Kier alpha value is -0.0400. The molecule has 2 saturated heterocycles. The highest BCUT2D eigenvalue weighted by Gasteiger charge is 2.49. The summed E-state index contributed by atoms with van der Waals surface area (Å²) in [4.78, 5) is 2.95. The minimum atomic E-state index is 0.417. The maximum Gasteiger partial charge on any atom is 0.0159 e. The topological polar surface area (TPSA) is 3.24 Å².